The highest BCUT2D eigenvalue weighted by atomic mass is 32.2. The first kappa shape index (κ1) is 21.6. The summed E-state index contributed by atoms with van der Waals surface area (Å²) in [7, 11) is -1.42. The van der Waals surface area contributed by atoms with Crippen LogP contribution in [0.3, 0.4) is 0 Å². The zero-order valence-electron chi connectivity index (χ0n) is 15.7. The third-order valence-electron chi connectivity index (χ3n) is 4.28. The number of nitrogens with one attached hydrogen (secondary N) is 1. The maximum atomic E-state index is 14.6. The van der Waals surface area contributed by atoms with Gasteiger partial charge in [0.2, 0.25) is 0 Å². The van der Waals surface area contributed by atoms with Crippen molar-refractivity contribution in [2.45, 2.75) is 4.90 Å². The van der Waals surface area contributed by atoms with E-state index in [-0.39, 0.29) is 16.1 Å². The van der Waals surface area contributed by atoms with Gasteiger partial charge in [0.25, 0.3) is 10.0 Å². The first-order valence-electron chi connectivity index (χ1n) is 8.45. The molecule has 3 aromatic carbocycles. The topological polar surface area (TPSA) is 49.4 Å². The molecule has 10 heteroatoms. The van der Waals surface area contributed by atoms with E-state index in [0.29, 0.717) is 0 Å². The number of sulfonamides is 1. The Morgan fingerprint density at radius 3 is 1.97 bits per heavy atom. The molecule has 0 aromatic heterocycles. The lowest BCUT2D eigenvalue weighted by Crippen LogP contribution is -2.17. The predicted octanol–water partition coefficient (Wildman–Crippen LogP) is 4.92. The van der Waals surface area contributed by atoms with E-state index in [2.05, 4.69) is 0 Å². The van der Waals surface area contributed by atoms with Gasteiger partial charge in [-0.25, -0.2) is 30.4 Å². The second-order valence-electron chi connectivity index (χ2n) is 6.49. The summed E-state index contributed by atoms with van der Waals surface area (Å²) in [5.41, 5.74) is -2.44. The molecule has 3 rings (SSSR count). The highest BCUT2D eigenvalue weighted by Gasteiger charge is 2.29. The Kier molecular flexibility index (Phi) is 5.71. The number of anilines is 2. The average Bonchev–Trinajstić information content (AvgIpc) is 2.71. The number of nitrogens with zero attached hydrogens (tertiary/aromatic N) is 1. The Hall–Kier alpha value is -3.14. The maximum absolute atomic E-state index is 14.6. The van der Waals surface area contributed by atoms with Gasteiger partial charge in [0.05, 0.1) is 16.3 Å². The lowest BCUT2D eigenvalue weighted by atomic mass is 10.0. The minimum Gasteiger partial charge on any atom is -0.375 e. The Morgan fingerprint density at radius 1 is 0.800 bits per heavy atom. The Labute approximate surface area is 169 Å². The van der Waals surface area contributed by atoms with Crippen LogP contribution in [-0.2, 0) is 10.0 Å². The van der Waals surface area contributed by atoms with E-state index >= 15 is 0 Å². The molecule has 0 heterocycles. The van der Waals surface area contributed by atoms with Crippen LogP contribution in [0.25, 0.3) is 11.1 Å². The van der Waals surface area contributed by atoms with Crippen LogP contribution in [0.15, 0.2) is 53.4 Å². The summed E-state index contributed by atoms with van der Waals surface area (Å²) >= 11 is 0. The average molecular weight is 442 g/mol. The minimum atomic E-state index is -4.49. The highest BCUT2D eigenvalue weighted by molar-refractivity contribution is 7.92. The summed E-state index contributed by atoms with van der Waals surface area (Å²) in [5.74, 6) is -9.04. The van der Waals surface area contributed by atoms with E-state index in [1.165, 1.54) is 55.4 Å². The van der Waals surface area contributed by atoms with E-state index in [1.54, 1.807) is 4.72 Å². The van der Waals surface area contributed by atoms with Crippen LogP contribution in [0.5, 0.6) is 0 Å². The molecular weight excluding hydrogens is 427 g/mol. The van der Waals surface area contributed by atoms with Gasteiger partial charge in [-0.3, -0.25) is 4.72 Å². The first-order valence-corrected chi connectivity index (χ1v) is 9.94. The Morgan fingerprint density at radius 2 is 1.40 bits per heavy atom. The SMILES string of the molecule is CN(C)c1ccc(-c2c(F)c(F)c(F)c(F)c2NS(=O)(=O)c2ccccc2)cc1F. The van der Waals surface area contributed by atoms with Crippen molar-refractivity contribution in [2.75, 3.05) is 23.7 Å². The second-order valence-corrected chi connectivity index (χ2v) is 8.17. The number of hydrogen-bond donors (Lipinski definition) is 1. The van der Waals surface area contributed by atoms with Gasteiger partial charge in [0, 0.05) is 19.7 Å². The van der Waals surface area contributed by atoms with Crippen LogP contribution in [0, 0.1) is 29.1 Å². The van der Waals surface area contributed by atoms with Gasteiger partial charge < -0.3 is 4.90 Å². The Balaban J connectivity index is 2.25. The maximum Gasteiger partial charge on any atom is 0.262 e. The third kappa shape index (κ3) is 3.82. The van der Waals surface area contributed by atoms with Crippen LogP contribution < -0.4 is 9.62 Å². The van der Waals surface area contributed by atoms with Crippen molar-refractivity contribution in [1.29, 1.82) is 0 Å². The summed E-state index contributed by atoms with van der Waals surface area (Å²) < 4.78 is 98.2. The van der Waals surface area contributed by atoms with Crippen LogP contribution in [0.1, 0.15) is 0 Å². The molecule has 0 atom stereocenters. The zero-order valence-corrected chi connectivity index (χ0v) is 16.5. The fourth-order valence-electron chi connectivity index (χ4n) is 2.82. The van der Waals surface area contributed by atoms with Crippen LogP contribution >= 0.6 is 0 Å². The van der Waals surface area contributed by atoms with Crippen LogP contribution in [0.2, 0.25) is 0 Å². The van der Waals surface area contributed by atoms with Crippen molar-refractivity contribution in [1.82, 2.24) is 0 Å². The van der Waals surface area contributed by atoms with Crippen LogP contribution in [-0.4, -0.2) is 22.5 Å². The fourth-order valence-corrected chi connectivity index (χ4v) is 3.91. The molecule has 4 nitrogen and oxygen atoms in total. The summed E-state index contributed by atoms with van der Waals surface area (Å²) in [4.78, 5) is 1.08. The molecule has 0 amide bonds. The van der Waals surface area contributed by atoms with E-state index in [9.17, 15) is 30.4 Å². The highest BCUT2D eigenvalue weighted by Crippen LogP contribution is 2.38. The largest absolute Gasteiger partial charge is 0.375 e. The van der Waals surface area contributed by atoms with Gasteiger partial charge in [-0.1, -0.05) is 24.3 Å². The van der Waals surface area contributed by atoms with Gasteiger partial charge >= 0.3 is 0 Å². The third-order valence-corrected chi connectivity index (χ3v) is 5.64. The van der Waals surface area contributed by atoms with Gasteiger partial charge in [-0.2, -0.15) is 0 Å². The van der Waals surface area contributed by atoms with E-state index < -0.39 is 50.4 Å². The van der Waals surface area contributed by atoms with E-state index in [4.69, 9.17) is 0 Å². The number of hydrogen-bond acceptors (Lipinski definition) is 3. The standard InChI is InChI=1S/C20H15F5N2O2S/c1-27(2)14-9-8-11(10-13(14)21)15-16(22)17(23)18(24)19(25)20(15)26-30(28,29)12-6-4-3-5-7-12/h3-10,26H,1-2H3. The molecule has 3 aromatic rings. The molecule has 0 fully saturated rings. The molecule has 0 spiro atoms. The number of rotatable bonds is 5. The molecule has 0 saturated carbocycles. The summed E-state index contributed by atoms with van der Waals surface area (Å²) in [6.45, 7) is 0. The first-order chi connectivity index (χ1) is 14.0. The van der Waals surface area contributed by atoms with E-state index in [0.717, 1.165) is 12.1 Å². The van der Waals surface area contributed by atoms with Crippen LogP contribution in [0.4, 0.5) is 33.3 Å². The lowest BCUT2D eigenvalue weighted by molar-refractivity contribution is 0.413. The smallest absolute Gasteiger partial charge is 0.262 e. The van der Waals surface area contributed by atoms with Crippen molar-refractivity contribution in [3.05, 3.63) is 77.6 Å². The van der Waals surface area contributed by atoms with Crippen molar-refractivity contribution in [3.63, 3.8) is 0 Å². The normalized spacial score (nSPS) is 11.4. The van der Waals surface area contributed by atoms with Crippen molar-refractivity contribution in [3.8, 4) is 11.1 Å². The molecule has 158 valence electrons. The fraction of sp³-hybridized carbons (Fsp3) is 0.100. The molecular formula is C20H15F5N2O2S. The second kappa shape index (κ2) is 7.94. The molecule has 0 radical (unpaired) electrons. The monoisotopic (exact) mass is 442 g/mol. The van der Waals surface area contributed by atoms with Gasteiger partial charge in [-0.15, -0.1) is 0 Å². The summed E-state index contributed by atoms with van der Waals surface area (Å²) in [5, 5.41) is 0. The summed E-state index contributed by atoms with van der Waals surface area (Å²) in [6.07, 6.45) is 0. The van der Waals surface area contributed by atoms with Crippen molar-refractivity contribution >= 4 is 21.4 Å². The van der Waals surface area contributed by atoms with E-state index in [1.807, 2.05) is 0 Å². The van der Waals surface area contributed by atoms with Crippen molar-refractivity contribution < 1.29 is 30.4 Å². The van der Waals surface area contributed by atoms with Gasteiger partial charge in [0.1, 0.15) is 5.82 Å². The number of benzene rings is 3. The molecule has 0 aliphatic heterocycles. The van der Waals surface area contributed by atoms with Crippen molar-refractivity contribution in [2.24, 2.45) is 0 Å². The quantitative estimate of drug-likeness (QED) is 0.347. The molecule has 0 saturated heterocycles. The molecule has 0 bridgehead atoms. The zero-order chi connectivity index (χ0) is 22.2. The summed E-state index contributed by atoms with van der Waals surface area (Å²) in [6, 6.07) is 9.73. The minimum absolute atomic E-state index is 0.0913. The molecule has 0 unspecified atom stereocenters. The molecule has 1 N–H and O–H groups in total. The molecule has 30 heavy (non-hydrogen) atoms. The van der Waals surface area contributed by atoms with Gasteiger partial charge in [0.15, 0.2) is 23.3 Å². The molecule has 0 aliphatic carbocycles. The Bertz CT molecular complexity index is 1220. The number of halogens is 5. The molecule has 0 aliphatic rings. The lowest BCUT2D eigenvalue weighted by Gasteiger charge is -2.18. The predicted molar refractivity (Wildman–Crippen MR) is 103 cm³/mol. The van der Waals surface area contributed by atoms with Gasteiger partial charge in [-0.05, 0) is 29.8 Å².